The van der Waals surface area contributed by atoms with Crippen LogP contribution in [0.5, 0.6) is 0 Å². The van der Waals surface area contributed by atoms with Gasteiger partial charge in [-0.25, -0.2) is 4.79 Å². The lowest BCUT2D eigenvalue weighted by Crippen LogP contribution is -2.46. The van der Waals surface area contributed by atoms with Crippen molar-refractivity contribution >= 4 is 22.6 Å². The summed E-state index contributed by atoms with van der Waals surface area (Å²) >= 11 is 0. The summed E-state index contributed by atoms with van der Waals surface area (Å²) in [6, 6.07) is 14.8. The van der Waals surface area contributed by atoms with Gasteiger partial charge in [0.2, 0.25) is 0 Å². The first kappa shape index (κ1) is 20.4. The van der Waals surface area contributed by atoms with Gasteiger partial charge in [0.25, 0.3) is 0 Å². The Labute approximate surface area is 178 Å². The van der Waals surface area contributed by atoms with Gasteiger partial charge in [0.05, 0.1) is 17.8 Å². The molecule has 0 unspecified atom stereocenters. The van der Waals surface area contributed by atoms with Crippen LogP contribution in [0.2, 0.25) is 0 Å². The van der Waals surface area contributed by atoms with Gasteiger partial charge in [0, 0.05) is 44.3 Å². The Morgan fingerprint density at radius 1 is 1.03 bits per heavy atom. The van der Waals surface area contributed by atoms with E-state index in [2.05, 4.69) is 71.1 Å². The van der Waals surface area contributed by atoms with Crippen molar-refractivity contribution in [2.45, 2.75) is 27.3 Å². The van der Waals surface area contributed by atoms with Gasteiger partial charge in [-0.3, -0.25) is 9.88 Å². The third kappa shape index (κ3) is 4.03. The van der Waals surface area contributed by atoms with Crippen LogP contribution in [0, 0.1) is 13.8 Å². The number of fused-ring (bicyclic) bond motifs is 1. The van der Waals surface area contributed by atoms with E-state index in [0.29, 0.717) is 12.2 Å². The fourth-order valence-corrected chi connectivity index (χ4v) is 4.16. The largest absolute Gasteiger partial charge is 0.462 e. The number of aromatic nitrogens is 1. The molecule has 5 heteroatoms. The zero-order valence-electron chi connectivity index (χ0n) is 18.0. The summed E-state index contributed by atoms with van der Waals surface area (Å²) < 4.78 is 5.35. The molecule has 0 amide bonds. The van der Waals surface area contributed by atoms with E-state index in [9.17, 15) is 4.79 Å². The molecule has 0 bridgehead atoms. The van der Waals surface area contributed by atoms with Crippen molar-refractivity contribution in [3.63, 3.8) is 0 Å². The van der Waals surface area contributed by atoms with E-state index in [-0.39, 0.29) is 5.97 Å². The number of carbonyl (C=O) groups excluding carboxylic acids is 1. The maximum absolute atomic E-state index is 12.7. The van der Waals surface area contributed by atoms with Crippen molar-refractivity contribution < 1.29 is 9.53 Å². The summed E-state index contributed by atoms with van der Waals surface area (Å²) in [6.45, 7) is 11.0. The maximum Gasteiger partial charge on any atom is 0.341 e. The highest BCUT2D eigenvalue weighted by molar-refractivity contribution is 6.06. The second-order valence-corrected chi connectivity index (χ2v) is 7.89. The number of rotatable bonds is 5. The summed E-state index contributed by atoms with van der Waals surface area (Å²) in [6.07, 6.45) is 1.69. The van der Waals surface area contributed by atoms with Gasteiger partial charge in [-0.15, -0.1) is 0 Å². The van der Waals surface area contributed by atoms with Crippen LogP contribution >= 0.6 is 0 Å². The number of anilines is 1. The number of ether oxygens (including phenoxy) is 1. The van der Waals surface area contributed by atoms with Crippen LogP contribution in [-0.4, -0.2) is 48.6 Å². The molecule has 1 saturated heterocycles. The van der Waals surface area contributed by atoms with Crippen LogP contribution in [0.4, 0.5) is 5.69 Å². The third-order valence-electron chi connectivity index (χ3n) is 5.97. The molecule has 2 heterocycles. The molecule has 5 nitrogen and oxygen atoms in total. The minimum atomic E-state index is -0.299. The molecule has 0 N–H and O–H groups in total. The molecule has 1 aliphatic rings. The molecule has 0 atom stereocenters. The third-order valence-corrected chi connectivity index (χ3v) is 5.97. The zero-order valence-corrected chi connectivity index (χ0v) is 18.0. The fraction of sp³-hybridized carbons (Fsp3) is 0.360. The van der Waals surface area contributed by atoms with Crippen molar-refractivity contribution in [2.24, 2.45) is 0 Å². The molecular formula is C25H29N3O2. The van der Waals surface area contributed by atoms with E-state index < -0.39 is 0 Å². The molecule has 0 aliphatic carbocycles. The van der Waals surface area contributed by atoms with Crippen LogP contribution in [0.25, 0.3) is 10.9 Å². The summed E-state index contributed by atoms with van der Waals surface area (Å²) in [5.41, 5.74) is 6.18. The van der Waals surface area contributed by atoms with E-state index in [1.165, 1.54) is 11.1 Å². The Bertz CT molecular complexity index is 1040. The Balaban J connectivity index is 1.64. The Morgan fingerprint density at radius 2 is 1.77 bits per heavy atom. The van der Waals surface area contributed by atoms with E-state index in [1.54, 1.807) is 6.20 Å². The number of pyridine rings is 1. The van der Waals surface area contributed by atoms with Crippen molar-refractivity contribution in [2.75, 3.05) is 37.7 Å². The molecule has 4 rings (SSSR count). The molecular weight excluding hydrogens is 374 g/mol. The molecule has 2 aromatic carbocycles. The zero-order chi connectivity index (χ0) is 21.1. The molecule has 156 valence electrons. The van der Waals surface area contributed by atoms with Gasteiger partial charge in [0.15, 0.2) is 0 Å². The van der Waals surface area contributed by atoms with E-state index in [0.717, 1.165) is 54.9 Å². The summed E-state index contributed by atoms with van der Waals surface area (Å²) in [5, 5.41) is 1.03. The SMILES string of the molecule is CCOC(=O)c1cnc2c(C)c(C)ccc2c1N1CCN(Cc2ccccc2)CC1. The number of piperazine rings is 1. The van der Waals surface area contributed by atoms with Crippen molar-refractivity contribution in [3.8, 4) is 0 Å². The molecule has 1 fully saturated rings. The summed E-state index contributed by atoms with van der Waals surface area (Å²) in [4.78, 5) is 22.1. The topological polar surface area (TPSA) is 45.7 Å². The minimum Gasteiger partial charge on any atom is -0.462 e. The number of esters is 1. The Morgan fingerprint density at radius 3 is 2.47 bits per heavy atom. The maximum atomic E-state index is 12.7. The predicted octanol–water partition coefficient (Wildman–Crippen LogP) is 4.35. The number of carbonyl (C=O) groups is 1. The Hall–Kier alpha value is -2.92. The van der Waals surface area contributed by atoms with Gasteiger partial charge >= 0.3 is 5.97 Å². The van der Waals surface area contributed by atoms with Crippen LogP contribution in [0.3, 0.4) is 0 Å². The summed E-state index contributed by atoms with van der Waals surface area (Å²) in [5.74, 6) is -0.299. The van der Waals surface area contributed by atoms with Crippen LogP contribution in [0.1, 0.15) is 34.0 Å². The van der Waals surface area contributed by atoms with Gasteiger partial charge in [0.1, 0.15) is 5.56 Å². The lowest BCUT2D eigenvalue weighted by molar-refractivity contribution is 0.0526. The highest BCUT2D eigenvalue weighted by Crippen LogP contribution is 2.33. The van der Waals surface area contributed by atoms with Crippen LogP contribution in [-0.2, 0) is 11.3 Å². The average molecular weight is 404 g/mol. The molecule has 3 aromatic rings. The summed E-state index contributed by atoms with van der Waals surface area (Å²) in [7, 11) is 0. The number of nitrogens with zero attached hydrogens (tertiary/aromatic N) is 3. The second kappa shape index (κ2) is 8.84. The number of benzene rings is 2. The highest BCUT2D eigenvalue weighted by Gasteiger charge is 2.25. The second-order valence-electron chi connectivity index (χ2n) is 7.89. The fourth-order valence-electron chi connectivity index (χ4n) is 4.16. The Kier molecular flexibility index (Phi) is 6.00. The first-order valence-electron chi connectivity index (χ1n) is 10.7. The van der Waals surface area contributed by atoms with E-state index in [1.807, 2.05) is 6.92 Å². The minimum absolute atomic E-state index is 0.299. The lowest BCUT2D eigenvalue weighted by Gasteiger charge is -2.37. The van der Waals surface area contributed by atoms with E-state index >= 15 is 0 Å². The molecule has 1 aromatic heterocycles. The normalized spacial score (nSPS) is 14.8. The van der Waals surface area contributed by atoms with Crippen molar-refractivity contribution in [1.82, 2.24) is 9.88 Å². The van der Waals surface area contributed by atoms with Crippen molar-refractivity contribution in [3.05, 3.63) is 70.9 Å². The number of hydrogen-bond donors (Lipinski definition) is 0. The monoisotopic (exact) mass is 403 g/mol. The lowest BCUT2D eigenvalue weighted by atomic mass is 10.0. The van der Waals surface area contributed by atoms with Crippen LogP contribution < -0.4 is 4.90 Å². The van der Waals surface area contributed by atoms with Gasteiger partial charge in [-0.2, -0.15) is 0 Å². The molecule has 0 radical (unpaired) electrons. The highest BCUT2D eigenvalue weighted by atomic mass is 16.5. The van der Waals surface area contributed by atoms with Gasteiger partial charge in [-0.1, -0.05) is 42.5 Å². The molecule has 1 aliphatic heterocycles. The standard InChI is InChI=1S/C25H29N3O2/c1-4-30-25(29)22-16-26-23-19(3)18(2)10-11-21(23)24(22)28-14-12-27(13-15-28)17-20-8-6-5-7-9-20/h5-11,16H,4,12-15,17H2,1-3H3. The first-order chi connectivity index (χ1) is 14.6. The van der Waals surface area contributed by atoms with Crippen LogP contribution in [0.15, 0.2) is 48.7 Å². The van der Waals surface area contributed by atoms with Gasteiger partial charge in [-0.05, 0) is 37.5 Å². The van der Waals surface area contributed by atoms with Crippen molar-refractivity contribution in [1.29, 1.82) is 0 Å². The molecule has 30 heavy (non-hydrogen) atoms. The average Bonchev–Trinajstić information content (AvgIpc) is 2.77. The van der Waals surface area contributed by atoms with Gasteiger partial charge < -0.3 is 9.64 Å². The smallest absolute Gasteiger partial charge is 0.341 e. The predicted molar refractivity (Wildman–Crippen MR) is 121 cm³/mol. The molecule has 0 saturated carbocycles. The first-order valence-corrected chi connectivity index (χ1v) is 10.7. The quantitative estimate of drug-likeness (QED) is 0.593. The van der Waals surface area contributed by atoms with E-state index in [4.69, 9.17) is 4.74 Å². The molecule has 0 spiro atoms. The number of aryl methyl sites for hydroxylation is 2. The number of hydrogen-bond acceptors (Lipinski definition) is 5.